The van der Waals surface area contributed by atoms with E-state index in [1.807, 2.05) is 25.7 Å². The molecule has 0 unspecified atom stereocenters. The number of piperazine rings is 1. The molecule has 28 heavy (non-hydrogen) atoms. The Morgan fingerprint density at radius 2 is 1.75 bits per heavy atom. The van der Waals surface area contributed by atoms with Crippen molar-refractivity contribution in [1.29, 1.82) is 0 Å². The largest absolute Gasteiger partial charge is 0.444 e. The first-order valence-corrected chi connectivity index (χ1v) is 9.00. The smallest absolute Gasteiger partial charge is 0.410 e. The van der Waals surface area contributed by atoms with Gasteiger partial charge in [-0.15, -0.1) is 0 Å². The molecule has 0 atom stereocenters. The Bertz CT molecular complexity index is 830. The molecule has 0 bridgehead atoms. The lowest BCUT2D eigenvalue weighted by Crippen LogP contribution is -2.50. The van der Waals surface area contributed by atoms with Crippen molar-refractivity contribution in [2.75, 3.05) is 36.8 Å². The summed E-state index contributed by atoms with van der Waals surface area (Å²) in [5.41, 5.74) is 5.36. The first kappa shape index (κ1) is 19.7. The number of carbonyl (C=O) groups excluding carboxylic acids is 1. The average molecular weight is 389 g/mol. The molecule has 3 rings (SSSR count). The monoisotopic (exact) mass is 389 g/mol. The molecule has 1 aromatic heterocycles. The van der Waals surface area contributed by atoms with Gasteiger partial charge in [0.25, 0.3) is 0 Å². The topological polar surface area (TPSA) is 93.8 Å². The van der Waals surface area contributed by atoms with Gasteiger partial charge in [-0.25, -0.2) is 9.18 Å². The zero-order valence-electron chi connectivity index (χ0n) is 16.2. The number of halogens is 1. The van der Waals surface area contributed by atoms with Crippen LogP contribution < -0.4 is 15.4 Å². The maximum absolute atomic E-state index is 13.0. The predicted molar refractivity (Wildman–Crippen MR) is 103 cm³/mol. The number of hydrogen-bond donors (Lipinski definition) is 1. The van der Waals surface area contributed by atoms with Gasteiger partial charge in [-0.05, 0) is 45.0 Å². The van der Waals surface area contributed by atoms with E-state index in [2.05, 4.69) is 9.97 Å². The maximum Gasteiger partial charge on any atom is 0.410 e. The fourth-order valence-corrected chi connectivity index (χ4v) is 2.66. The molecular formula is C19H24FN5O3. The molecule has 0 spiro atoms. The highest BCUT2D eigenvalue weighted by atomic mass is 19.1. The van der Waals surface area contributed by atoms with Gasteiger partial charge < -0.3 is 25.0 Å². The van der Waals surface area contributed by atoms with Crippen LogP contribution in [0.5, 0.6) is 11.6 Å². The molecule has 9 heteroatoms. The van der Waals surface area contributed by atoms with Crippen molar-refractivity contribution in [1.82, 2.24) is 14.9 Å². The van der Waals surface area contributed by atoms with Crippen molar-refractivity contribution in [2.45, 2.75) is 26.4 Å². The predicted octanol–water partition coefficient (Wildman–Crippen LogP) is 3.05. The zero-order valence-corrected chi connectivity index (χ0v) is 16.2. The normalized spacial score (nSPS) is 14.7. The average Bonchev–Trinajstić information content (AvgIpc) is 2.62. The van der Waals surface area contributed by atoms with E-state index in [9.17, 15) is 9.18 Å². The summed E-state index contributed by atoms with van der Waals surface area (Å²) in [7, 11) is 0. The summed E-state index contributed by atoms with van der Waals surface area (Å²) in [6, 6.07) is 7.12. The molecule has 0 radical (unpaired) electrons. The summed E-state index contributed by atoms with van der Waals surface area (Å²) < 4.78 is 24.1. The van der Waals surface area contributed by atoms with Crippen LogP contribution in [-0.4, -0.2) is 52.7 Å². The van der Waals surface area contributed by atoms with Crippen LogP contribution in [0.2, 0.25) is 0 Å². The Balaban J connectivity index is 1.65. The molecule has 2 aromatic rings. The highest BCUT2D eigenvalue weighted by Gasteiger charge is 2.27. The van der Waals surface area contributed by atoms with Crippen molar-refractivity contribution >= 4 is 17.9 Å². The van der Waals surface area contributed by atoms with Gasteiger partial charge in [0.2, 0.25) is 11.8 Å². The lowest BCUT2D eigenvalue weighted by molar-refractivity contribution is 0.0240. The number of anilines is 2. The summed E-state index contributed by atoms with van der Waals surface area (Å²) >= 11 is 0. The Morgan fingerprint density at radius 3 is 2.36 bits per heavy atom. The number of aromatic nitrogens is 2. The van der Waals surface area contributed by atoms with Crippen LogP contribution in [0.25, 0.3) is 0 Å². The van der Waals surface area contributed by atoms with Crippen LogP contribution in [0.4, 0.5) is 21.0 Å². The number of hydrogen-bond acceptors (Lipinski definition) is 7. The van der Waals surface area contributed by atoms with E-state index >= 15 is 0 Å². The van der Waals surface area contributed by atoms with E-state index in [1.54, 1.807) is 4.90 Å². The van der Waals surface area contributed by atoms with E-state index < -0.39 is 5.60 Å². The third-order valence-electron chi connectivity index (χ3n) is 3.96. The zero-order chi connectivity index (χ0) is 20.3. The van der Waals surface area contributed by atoms with Gasteiger partial charge in [0, 0.05) is 32.2 Å². The molecule has 150 valence electrons. The van der Waals surface area contributed by atoms with E-state index in [4.69, 9.17) is 15.2 Å². The van der Waals surface area contributed by atoms with E-state index in [-0.39, 0.29) is 23.6 Å². The van der Waals surface area contributed by atoms with Gasteiger partial charge in [0.15, 0.2) is 0 Å². The van der Waals surface area contributed by atoms with Crippen LogP contribution >= 0.6 is 0 Å². The molecule has 1 saturated heterocycles. The van der Waals surface area contributed by atoms with Crippen molar-refractivity contribution in [2.24, 2.45) is 0 Å². The molecule has 2 heterocycles. The lowest BCUT2D eigenvalue weighted by atomic mass is 10.2. The fraction of sp³-hybridized carbons (Fsp3) is 0.421. The summed E-state index contributed by atoms with van der Waals surface area (Å²) in [4.78, 5) is 24.4. The molecular weight excluding hydrogens is 365 g/mol. The number of nitrogen functional groups attached to an aromatic ring is 1. The minimum Gasteiger partial charge on any atom is -0.444 e. The second-order valence-electron chi connectivity index (χ2n) is 7.44. The maximum atomic E-state index is 13.0. The second-order valence-corrected chi connectivity index (χ2v) is 7.44. The van der Waals surface area contributed by atoms with Crippen LogP contribution in [-0.2, 0) is 4.74 Å². The number of nitrogens with zero attached hydrogens (tertiary/aromatic N) is 4. The van der Waals surface area contributed by atoms with E-state index in [0.29, 0.717) is 37.9 Å². The van der Waals surface area contributed by atoms with Gasteiger partial charge >= 0.3 is 6.09 Å². The fourth-order valence-electron chi connectivity index (χ4n) is 2.66. The standard InChI is InChI=1S/C19H24FN5O3/c1-19(2,3)28-18(26)25-10-8-24(9-11-25)17-22-15(21)12-16(23-17)27-14-6-4-13(20)5-7-14/h4-7,12H,8-11H2,1-3H3,(H2,21,22,23). The van der Waals surface area contributed by atoms with Gasteiger partial charge in [-0.3, -0.25) is 0 Å². The molecule has 1 aliphatic heterocycles. The minimum absolute atomic E-state index is 0.261. The van der Waals surface area contributed by atoms with Crippen LogP contribution in [0, 0.1) is 5.82 Å². The molecule has 1 fully saturated rings. The van der Waals surface area contributed by atoms with E-state index in [1.165, 1.54) is 30.3 Å². The third kappa shape index (κ3) is 5.21. The van der Waals surface area contributed by atoms with Crippen LogP contribution in [0.15, 0.2) is 30.3 Å². The van der Waals surface area contributed by atoms with Crippen molar-refractivity contribution < 1.29 is 18.7 Å². The van der Waals surface area contributed by atoms with Crippen molar-refractivity contribution in [3.63, 3.8) is 0 Å². The van der Waals surface area contributed by atoms with Gasteiger partial charge in [-0.1, -0.05) is 0 Å². The highest BCUT2D eigenvalue weighted by Crippen LogP contribution is 2.24. The molecule has 8 nitrogen and oxygen atoms in total. The van der Waals surface area contributed by atoms with Crippen molar-refractivity contribution in [3.05, 3.63) is 36.1 Å². The molecule has 1 aliphatic rings. The number of benzene rings is 1. The summed E-state index contributed by atoms with van der Waals surface area (Å²) in [6.07, 6.45) is -0.332. The number of amides is 1. The summed E-state index contributed by atoms with van der Waals surface area (Å²) in [5.74, 6) is 1.04. The first-order chi connectivity index (χ1) is 13.2. The molecule has 0 saturated carbocycles. The number of carbonyl (C=O) groups is 1. The van der Waals surface area contributed by atoms with Crippen LogP contribution in [0.1, 0.15) is 20.8 Å². The number of nitrogens with two attached hydrogens (primary N) is 1. The quantitative estimate of drug-likeness (QED) is 0.862. The first-order valence-electron chi connectivity index (χ1n) is 9.00. The van der Waals surface area contributed by atoms with Crippen LogP contribution in [0.3, 0.4) is 0 Å². The summed E-state index contributed by atoms with van der Waals surface area (Å²) in [5, 5.41) is 0. The molecule has 1 aromatic carbocycles. The van der Waals surface area contributed by atoms with E-state index in [0.717, 1.165) is 0 Å². The van der Waals surface area contributed by atoms with Gasteiger partial charge in [0.05, 0.1) is 0 Å². The SMILES string of the molecule is CC(C)(C)OC(=O)N1CCN(c2nc(N)cc(Oc3ccc(F)cc3)n2)CC1. The Kier molecular flexibility index (Phi) is 5.53. The second kappa shape index (κ2) is 7.87. The lowest BCUT2D eigenvalue weighted by Gasteiger charge is -2.35. The molecule has 1 amide bonds. The Labute approximate surface area is 163 Å². The third-order valence-corrected chi connectivity index (χ3v) is 3.96. The molecule has 0 aliphatic carbocycles. The highest BCUT2D eigenvalue weighted by molar-refractivity contribution is 5.68. The Hall–Kier alpha value is -3.10. The molecule has 2 N–H and O–H groups in total. The Morgan fingerprint density at radius 1 is 1.11 bits per heavy atom. The van der Waals surface area contributed by atoms with Crippen molar-refractivity contribution in [3.8, 4) is 11.6 Å². The number of rotatable bonds is 3. The number of ether oxygens (including phenoxy) is 2. The van der Waals surface area contributed by atoms with Gasteiger partial charge in [0.1, 0.15) is 23.0 Å². The van der Waals surface area contributed by atoms with Gasteiger partial charge in [-0.2, -0.15) is 9.97 Å². The minimum atomic E-state index is -0.530. The summed E-state index contributed by atoms with van der Waals surface area (Å²) in [6.45, 7) is 7.57.